The van der Waals surface area contributed by atoms with Gasteiger partial charge in [0.1, 0.15) is 11.4 Å². The minimum absolute atomic E-state index is 0.0429. The molecule has 0 spiro atoms. The number of rotatable bonds is 5. The molecule has 1 heterocycles. The Balaban J connectivity index is 2.50. The summed E-state index contributed by atoms with van der Waals surface area (Å²) in [5.41, 5.74) is 6.67. The van der Waals surface area contributed by atoms with Crippen molar-refractivity contribution in [3.05, 3.63) is 18.2 Å². The summed E-state index contributed by atoms with van der Waals surface area (Å²) in [4.78, 5) is 14.7. The SMILES string of the molecule is CCCCN1C(=O)C(CC)(CC)Oc2cccc(N)c21. The number of benzene rings is 1. The molecule has 0 radical (unpaired) electrons. The predicted molar refractivity (Wildman–Crippen MR) is 82.1 cm³/mol. The van der Waals surface area contributed by atoms with Crippen LogP contribution in [0.2, 0.25) is 0 Å². The van der Waals surface area contributed by atoms with Crippen molar-refractivity contribution >= 4 is 17.3 Å². The molecule has 0 bridgehead atoms. The molecule has 20 heavy (non-hydrogen) atoms. The Labute approximate surface area is 120 Å². The molecular weight excluding hydrogens is 252 g/mol. The number of carbonyl (C=O) groups excluding carboxylic acids is 1. The number of carbonyl (C=O) groups is 1. The van der Waals surface area contributed by atoms with Crippen LogP contribution in [-0.2, 0) is 4.79 Å². The summed E-state index contributed by atoms with van der Waals surface area (Å²) in [5, 5.41) is 0. The second kappa shape index (κ2) is 5.73. The van der Waals surface area contributed by atoms with Gasteiger partial charge in [0, 0.05) is 6.54 Å². The van der Waals surface area contributed by atoms with E-state index in [2.05, 4.69) is 6.92 Å². The van der Waals surface area contributed by atoms with Crippen LogP contribution in [0.4, 0.5) is 11.4 Å². The topological polar surface area (TPSA) is 55.6 Å². The van der Waals surface area contributed by atoms with Crippen LogP contribution in [0.3, 0.4) is 0 Å². The first kappa shape index (κ1) is 14.7. The fourth-order valence-electron chi connectivity index (χ4n) is 2.74. The number of amides is 1. The van der Waals surface area contributed by atoms with Crippen LogP contribution < -0.4 is 15.4 Å². The van der Waals surface area contributed by atoms with Gasteiger partial charge < -0.3 is 15.4 Å². The Morgan fingerprint density at radius 3 is 2.55 bits per heavy atom. The number of nitrogens with two attached hydrogens (primary N) is 1. The highest BCUT2D eigenvalue weighted by Gasteiger charge is 2.46. The lowest BCUT2D eigenvalue weighted by atomic mass is 9.92. The van der Waals surface area contributed by atoms with Gasteiger partial charge in [0.25, 0.3) is 5.91 Å². The number of hydrogen-bond donors (Lipinski definition) is 1. The Morgan fingerprint density at radius 2 is 1.95 bits per heavy atom. The lowest BCUT2D eigenvalue weighted by Gasteiger charge is -2.42. The summed E-state index contributed by atoms with van der Waals surface area (Å²) in [6, 6.07) is 5.59. The van der Waals surface area contributed by atoms with Gasteiger partial charge in [0.15, 0.2) is 5.60 Å². The van der Waals surface area contributed by atoms with E-state index in [4.69, 9.17) is 10.5 Å². The van der Waals surface area contributed by atoms with Crippen molar-refractivity contribution in [2.24, 2.45) is 0 Å². The Bertz CT molecular complexity index is 495. The first-order valence-corrected chi connectivity index (χ1v) is 7.49. The number of nitrogens with zero attached hydrogens (tertiary/aromatic N) is 1. The maximum atomic E-state index is 12.9. The van der Waals surface area contributed by atoms with E-state index in [1.165, 1.54) is 0 Å². The van der Waals surface area contributed by atoms with Gasteiger partial charge in [-0.05, 0) is 31.4 Å². The molecule has 110 valence electrons. The highest BCUT2D eigenvalue weighted by Crippen LogP contribution is 2.43. The van der Waals surface area contributed by atoms with Gasteiger partial charge in [0.2, 0.25) is 0 Å². The minimum atomic E-state index is -0.742. The summed E-state index contributed by atoms with van der Waals surface area (Å²) in [7, 11) is 0. The number of anilines is 2. The number of fused-ring (bicyclic) bond motifs is 1. The smallest absolute Gasteiger partial charge is 0.271 e. The van der Waals surface area contributed by atoms with Crippen molar-refractivity contribution in [2.45, 2.75) is 52.1 Å². The Hall–Kier alpha value is -1.71. The van der Waals surface area contributed by atoms with Crippen LogP contribution in [0, 0.1) is 0 Å². The van der Waals surface area contributed by atoms with E-state index >= 15 is 0 Å². The fourth-order valence-corrected chi connectivity index (χ4v) is 2.74. The Morgan fingerprint density at radius 1 is 1.25 bits per heavy atom. The van der Waals surface area contributed by atoms with E-state index in [1.54, 1.807) is 0 Å². The minimum Gasteiger partial charge on any atom is -0.475 e. The van der Waals surface area contributed by atoms with Crippen molar-refractivity contribution < 1.29 is 9.53 Å². The molecule has 2 N–H and O–H groups in total. The molecule has 4 nitrogen and oxygen atoms in total. The van der Waals surface area contributed by atoms with E-state index in [-0.39, 0.29) is 5.91 Å². The molecule has 0 saturated carbocycles. The molecule has 0 fully saturated rings. The molecule has 0 aliphatic carbocycles. The van der Waals surface area contributed by atoms with Gasteiger partial charge in [-0.1, -0.05) is 33.3 Å². The van der Waals surface area contributed by atoms with Crippen molar-refractivity contribution in [2.75, 3.05) is 17.2 Å². The van der Waals surface area contributed by atoms with E-state index < -0.39 is 5.60 Å². The highest BCUT2D eigenvalue weighted by atomic mass is 16.5. The number of nitrogen functional groups attached to an aromatic ring is 1. The second-order valence-electron chi connectivity index (χ2n) is 5.31. The van der Waals surface area contributed by atoms with Crippen LogP contribution in [0.5, 0.6) is 5.75 Å². The van der Waals surface area contributed by atoms with E-state index in [9.17, 15) is 4.79 Å². The van der Waals surface area contributed by atoms with Crippen LogP contribution >= 0.6 is 0 Å². The second-order valence-corrected chi connectivity index (χ2v) is 5.31. The first-order valence-electron chi connectivity index (χ1n) is 7.49. The fraction of sp³-hybridized carbons (Fsp3) is 0.562. The molecule has 1 aromatic rings. The van der Waals surface area contributed by atoms with Crippen LogP contribution in [-0.4, -0.2) is 18.1 Å². The first-order chi connectivity index (χ1) is 9.59. The molecule has 1 aromatic carbocycles. The Kier molecular flexibility index (Phi) is 4.21. The molecule has 1 aliphatic rings. The van der Waals surface area contributed by atoms with Crippen molar-refractivity contribution in [1.82, 2.24) is 0 Å². The maximum absolute atomic E-state index is 12.9. The molecular formula is C16H24N2O2. The average Bonchev–Trinajstić information content (AvgIpc) is 2.46. The predicted octanol–water partition coefficient (Wildman–Crippen LogP) is 3.35. The van der Waals surface area contributed by atoms with Gasteiger partial charge in [-0.25, -0.2) is 0 Å². The van der Waals surface area contributed by atoms with Gasteiger partial charge in [0.05, 0.1) is 5.69 Å². The average molecular weight is 276 g/mol. The standard InChI is InChI=1S/C16H24N2O2/c1-4-7-11-18-14-12(17)9-8-10-13(14)20-16(5-2,6-3)15(18)19/h8-10H,4-7,11,17H2,1-3H3. The monoisotopic (exact) mass is 276 g/mol. The van der Waals surface area contributed by atoms with Gasteiger partial charge in [-0.15, -0.1) is 0 Å². The van der Waals surface area contributed by atoms with E-state index in [0.717, 1.165) is 24.3 Å². The van der Waals surface area contributed by atoms with Crippen LogP contribution in [0.25, 0.3) is 0 Å². The zero-order chi connectivity index (χ0) is 14.8. The number of para-hydroxylation sites is 1. The molecule has 1 aliphatic heterocycles. The quantitative estimate of drug-likeness (QED) is 0.839. The third-order valence-corrected chi connectivity index (χ3v) is 4.12. The summed E-state index contributed by atoms with van der Waals surface area (Å²) in [5.74, 6) is 0.769. The largest absolute Gasteiger partial charge is 0.475 e. The van der Waals surface area contributed by atoms with Crippen LogP contribution in [0.15, 0.2) is 18.2 Å². The zero-order valence-corrected chi connectivity index (χ0v) is 12.6. The molecule has 2 rings (SSSR count). The molecule has 1 amide bonds. The third-order valence-electron chi connectivity index (χ3n) is 4.12. The summed E-state index contributed by atoms with van der Waals surface area (Å²) < 4.78 is 6.05. The normalized spacial score (nSPS) is 16.8. The summed E-state index contributed by atoms with van der Waals surface area (Å²) >= 11 is 0. The van der Waals surface area contributed by atoms with E-state index in [0.29, 0.717) is 25.1 Å². The highest BCUT2D eigenvalue weighted by molar-refractivity contribution is 6.05. The van der Waals surface area contributed by atoms with Crippen LogP contribution in [0.1, 0.15) is 46.5 Å². The molecule has 0 atom stereocenters. The van der Waals surface area contributed by atoms with Crippen molar-refractivity contribution in [1.29, 1.82) is 0 Å². The maximum Gasteiger partial charge on any atom is 0.271 e. The molecule has 4 heteroatoms. The third kappa shape index (κ3) is 2.23. The van der Waals surface area contributed by atoms with Gasteiger partial charge in [-0.3, -0.25) is 4.79 Å². The number of unbranched alkanes of at least 4 members (excludes halogenated alkanes) is 1. The molecule has 0 unspecified atom stereocenters. The molecule has 0 saturated heterocycles. The summed E-state index contributed by atoms with van der Waals surface area (Å²) in [6.45, 7) is 6.81. The zero-order valence-electron chi connectivity index (χ0n) is 12.6. The van der Waals surface area contributed by atoms with Gasteiger partial charge >= 0.3 is 0 Å². The van der Waals surface area contributed by atoms with Gasteiger partial charge in [-0.2, -0.15) is 0 Å². The van der Waals surface area contributed by atoms with Crippen molar-refractivity contribution in [3.63, 3.8) is 0 Å². The summed E-state index contributed by atoms with van der Waals surface area (Å²) in [6.07, 6.45) is 3.33. The van der Waals surface area contributed by atoms with Crippen molar-refractivity contribution in [3.8, 4) is 5.75 Å². The molecule has 0 aromatic heterocycles. The number of hydrogen-bond acceptors (Lipinski definition) is 3. The van der Waals surface area contributed by atoms with E-state index in [1.807, 2.05) is 36.9 Å². The lowest BCUT2D eigenvalue weighted by molar-refractivity contribution is -0.136. The lowest BCUT2D eigenvalue weighted by Crippen LogP contribution is -2.56. The number of ether oxygens (including phenoxy) is 1.